The number of esters is 3. The fourth-order valence-electron chi connectivity index (χ4n) is 6.72. The summed E-state index contributed by atoms with van der Waals surface area (Å²) in [4.78, 5) is 37.6. The van der Waals surface area contributed by atoms with E-state index in [-0.39, 0.29) is 31.1 Å². The molecular weight excluding hydrogens is 648 g/mol. The molecule has 0 heterocycles. The van der Waals surface area contributed by atoms with E-state index >= 15 is 0 Å². The summed E-state index contributed by atoms with van der Waals surface area (Å²) in [5, 5.41) is 0. The first kappa shape index (κ1) is 50.4. The van der Waals surface area contributed by atoms with Crippen LogP contribution < -0.4 is 0 Å². The van der Waals surface area contributed by atoms with Crippen LogP contribution in [0.5, 0.6) is 0 Å². The van der Waals surface area contributed by atoms with Crippen LogP contribution in [0.2, 0.25) is 0 Å². The monoisotopic (exact) mass is 737 g/mol. The Bertz CT molecular complexity index is 796. The minimum absolute atomic E-state index is 0.0663. The minimum atomic E-state index is -0.761. The Morgan fingerprint density at radius 1 is 0.404 bits per heavy atom. The molecule has 0 spiro atoms. The molecule has 0 amide bonds. The number of unbranched alkanes of at least 4 members (excludes halogenated alkanes) is 24. The smallest absolute Gasteiger partial charge is 0.306 e. The molecule has 6 heteroatoms. The van der Waals surface area contributed by atoms with Gasteiger partial charge < -0.3 is 14.2 Å². The van der Waals surface area contributed by atoms with Gasteiger partial charge >= 0.3 is 17.9 Å². The highest BCUT2D eigenvalue weighted by Crippen LogP contribution is 2.17. The van der Waals surface area contributed by atoms with Crippen LogP contribution in [0.15, 0.2) is 0 Å². The Kier molecular flexibility index (Phi) is 37.9. The summed E-state index contributed by atoms with van der Waals surface area (Å²) < 4.78 is 16.7. The van der Waals surface area contributed by atoms with Crippen molar-refractivity contribution in [1.29, 1.82) is 0 Å². The van der Waals surface area contributed by atoms with E-state index in [1.807, 2.05) is 0 Å². The Morgan fingerprint density at radius 3 is 1.10 bits per heavy atom. The lowest BCUT2D eigenvalue weighted by Gasteiger charge is -2.18. The molecule has 0 aliphatic heterocycles. The average Bonchev–Trinajstić information content (AvgIpc) is 3.12. The van der Waals surface area contributed by atoms with Crippen LogP contribution in [0.25, 0.3) is 0 Å². The first-order valence-electron chi connectivity index (χ1n) is 22.8. The second kappa shape index (κ2) is 39.1. The van der Waals surface area contributed by atoms with Crippen LogP contribution in [-0.4, -0.2) is 37.2 Å². The lowest BCUT2D eigenvalue weighted by Crippen LogP contribution is -2.30. The first-order valence-corrected chi connectivity index (χ1v) is 22.8. The highest BCUT2D eigenvalue weighted by molar-refractivity contribution is 5.71. The summed E-state index contributed by atoms with van der Waals surface area (Å²) >= 11 is 0. The van der Waals surface area contributed by atoms with Crippen LogP contribution >= 0.6 is 0 Å². The molecule has 2 atom stereocenters. The molecule has 52 heavy (non-hydrogen) atoms. The average molecular weight is 737 g/mol. The van der Waals surface area contributed by atoms with Gasteiger partial charge in [-0.15, -0.1) is 0 Å². The van der Waals surface area contributed by atoms with Gasteiger partial charge in [-0.2, -0.15) is 0 Å². The maximum atomic E-state index is 12.7. The number of hydrogen-bond donors (Lipinski definition) is 0. The lowest BCUT2D eigenvalue weighted by atomic mass is 10.00. The van der Waals surface area contributed by atoms with Crippen molar-refractivity contribution in [2.75, 3.05) is 13.2 Å². The third-order valence-electron chi connectivity index (χ3n) is 10.6. The molecule has 308 valence electrons. The molecule has 0 N–H and O–H groups in total. The van der Waals surface area contributed by atoms with Crippen molar-refractivity contribution in [2.24, 2.45) is 11.8 Å². The largest absolute Gasteiger partial charge is 0.462 e. The van der Waals surface area contributed by atoms with Gasteiger partial charge in [0, 0.05) is 19.3 Å². The molecule has 6 nitrogen and oxygen atoms in total. The predicted octanol–water partition coefficient (Wildman–Crippen LogP) is 14.2. The summed E-state index contributed by atoms with van der Waals surface area (Å²) in [5.74, 6) is 0.708. The number of ether oxygens (including phenoxy) is 3. The zero-order valence-corrected chi connectivity index (χ0v) is 35.4. The summed E-state index contributed by atoms with van der Waals surface area (Å²) in [6.45, 7) is 11.2. The quantitative estimate of drug-likeness (QED) is 0.0354. The van der Waals surface area contributed by atoms with Crippen molar-refractivity contribution in [2.45, 2.75) is 253 Å². The normalized spacial score (nSPS) is 12.6. The van der Waals surface area contributed by atoms with E-state index in [0.29, 0.717) is 19.3 Å². The zero-order chi connectivity index (χ0) is 38.3. The highest BCUT2D eigenvalue weighted by Gasteiger charge is 2.19. The van der Waals surface area contributed by atoms with Gasteiger partial charge in [0.15, 0.2) is 6.10 Å². The van der Waals surface area contributed by atoms with Gasteiger partial charge in [-0.05, 0) is 31.1 Å². The molecule has 0 saturated carbocycles. The molecule has 0 bridgehead atoms. The molecule has 0 fully saturated rings. The minimum Gasteiger partial charge on any atom is -0.462 e. The summed E-state index contributed by atoms with van der Waals surface area (Å²) in [5.41, 5.74) is 0. The van der Waals surface area contributed by atoms with Crippen LogP contribution in [0.1, 0.15) is 247 Å². The van der Waals surface area contributed by atoms with Crippen molar-refractivity contribution in [3.8, 4) is 0 Å². The molecule has 0 rings (SSSR count). The number of carbonyl (C=O) groups excluding carboxylic acids is 3. The standard InChI is InChI=1S/C46H88O6/c1-6-8-9-10-11-12-13-14-15-16-17-18-19-26-31-36-44(47)50-39-43(40-51-45(48)37-32-27-22-20-24-29-34-41(3)4)52-46(49)38-33-28-23-21-25-30-35-42(5)7-2/h41-43H,6-40H2,1-5H3/t42?,43-/m0/s1. The molecule has 0 saturated heterocycles. The third-order valence-corrected chi connectivity index (χ3v) is 10.6. The molecule has 1 unspecified atom stereocenters. The van der Waals surface area contributed by atoms with Crippen molar-refractivity contribution in [3.63, 3.8) is 0 Å². The highest BCUT2D eigenvalue weighted by atomic mass is 16.6. The third kappa shape index (κ3) is 38.1. The molecule has 0 aliphatic carbocycles. The maximum absolute atomic E-state index is 12.7. The summed E-state index contributed by atoms with van der Waals surface area (Å²) in [6.07, 6.45) is 36.7. The van der Waals surface area contributed by atoms with Gasteiger partial charge in [0.1, 0.15) is 13.2 Å². The maximum Gasteiger partial charge on any atom is 0.306 e. The van der Waals surface area contributed by atoms with Gasteiger partial charge in [0.25, 0.3) is 0 Å². The van der Waals surface area contributed by atoms with Gasteiger partial charge in [-0.25, -0.2) is 0 Å². The van der Waals surface area contributed by atoms with Gasteiger partial charge in [-0.3, -0.25) is 14.4 Å². The lowest BCUT2D eigenvalue weighted by molar-refractivity contribution is -0.167. The first-order chi connectivity index (χ1) is 25.3. The molecule has 0 aliphatic rings. The second-order valence-electron chi connectivity index (χ2n) is 16.4. The molecule has 0 aromatic rings. The SMILES string of the molecule is CCCCCCCCCCCCCCCCCC(=O)OC[C@@H](COC(=O)CCCCCCCCC(C)C)OC(=O)CCCCCCCCC(C)CC. The van der Waals surface area contributed by atoms with Crippen LogP contribution in [0, 0.1) is 11.8 Å². The van der Waals surface area contributed by atoms with Crippen molar-refractivity contribution in [3.05, 3.63) is 0 Å². The van der Waals surface area contributed by atoms with Crippen molar-refractivity contribution >= 4 is 17.9 Å². The Morgan fingerprint density at radius 2 is 0.731 bits per heavy atom. The fraction of sp³-hybridized carbons (Fsp3) is 0.935. The predicted molar refractivity (Wildman–Crippen MR) is 220 cm³/mol. The van der Waals surface area contributed by atoms with Crippen molar-refractivity contribution in [1.82, 2.24) is 0 Å². The van der Waals surface area contributed by atoms with Gasteiger partial charge in [-0.1, -0.05) is 208 Å². The van der Waals surface area contributed by atoms with E-state index in [2.05, 4.69) is 34.6 Å². The summed E-state index contributed by atoms with van der Waals surface area (Å²) in [7, 11) is 0. The van der Waals surface area contributed by atoms with Crippen LogP contribution in [-0.2, 0) is 28.6 Å². The topological polar surface area (TPSA) is 78.9 Å². The molecular formula is C46H88O6. The Labute approximate surface area is 323 Å². The molecule has 0 aromatic carbocycles. The van der Waals surface area contributed by atoms with E-state index in [0.717, 1.165) is 69.6 Å². The van der Waals surface area contributed by atoms with Crippen LogP contribution in [0.3, 0.4) is 0 Å². The van der Waals surface area contributed by atoms with E-state index < -0.39 is 6.10 Å². The van der Waals surface area contributed by atoms with Crippen molar-refractivity contribution < 1.29 is 28.6 Å². The van der Waals surface area contributed by atoms with E-state index in [1.54, 1.807) is 0 Å². The summed E-state index contributed by atoms with van der Waals surface area (Å²) in [6, 6.07) is 0. The zero-order valence-electron chi connectivity index (χ0n) is 35.4. The fourth-order valence-corrected chi connectivity index (χ4v) is 6.72. The molecule has 0 radical (unpaired) electrons. The van der Waals surface area contributed by atoms with Crippen LogP contribution in [0.4, 0.5) is 0 Å². The van der Waals surface area contributed by atoms with Gasteiger partial charge in [0.2, 0.25) is 0 Å². The number of rotatable bonds is 40. The van der Waals surface area contributed by atoms with E-state index in [4.69, 9.17) is 14.2 Å². The van der Waals surface area contributed by atoms with E-state index in [1.165, 1.54) is 135 Å². The van der Waals surface area contributed by atoms with E-state index in [9.17, 15) is 14.4 Å². The number of hydrogen-bond acceptors (Lipinski definition) is 6. The van der Waals surface area contributed by atoms with Gasteiger partial charge in [0.05, 0.1) is 0 Å². The Hall–Kier alpha value is -1.59. The number of carbonyl (C=O) groups is 3. The second-order valence-corrected chi connectivity index (χ2v) is 16.4. The Balaban J connectivity index is 4.29. The molecule has 0 aromatic heterocycles.